The molecule has 0 unspecified atom stereocenters. The number of nitrogens with two attached hydrogens (primary N) is 1. The number of carbonyl (C=O) groups is 1. The normalized spacial score (nSPS) is 17.9. The summed E-state index contributed by atoms with van der Waals surface area (Å²) in [7, 11) is 0. The van der Waals surface area contributed by atoms with Crippen LogP contribution in [0, 0.1) is 5.92 Å². The van der Waals surface area contributed by atoms with Crippen LogP contribution >= 0.6 is 0 Å². The van der Waals surface area contributed by atoms with E-state index in [4.69, 9.17) is 10.5 Å². The van der Waals surface area contributed by atoms with E-state index in [-0.39, 0.29) is 17.5 Å². The van der Waals surface area contributed by atoms with Crippen LogP contribution in [0.1, 0.15) is 40.0 Å². The van der Waals surface area contributed by atoms with E-state index in [1.165, 1.54) is 6.42 Å². The summed E-state index contributed by atoms with van der Waals surface area (Å²) in [5.41, 5.74) is 6.18. The van der Waals surface area contributed by atoms with E-state index in [0.29, 0.717) is 6.54 Å². The molecule has 0 aromatic heterocycles. The number of ether oxygens (including phenoxy) is 1. The molecular weight excluding hydrogens is 252 g/mol. The van der Waals surface area contributed by atoms with E-state index in [9.17, 15) is 4.79 Å². The lowest BCUT2D eigenvalue weighted by atomic mass is 9.85. The van der Waals surface area contributed by atoms with Crippen molar-refractivity contribution in [3.63, 3.8) is 0 Å². The van der Waals surface area contributed by atoms with Crippen LogP contribution in [-0.2, 0) is 9.53 Å². The lowest BCUT2D eigenvalue weighted by Gasteiger charge is -2.28. The van der Waals surface area contributed by atoms with Gasteiger partial charge in [-0.15, -0.1) is 0 Å². The second kappa shape index (κ2) is 7.90. The van der Waals surface area contributed by atoms with Gasteiger partial charge in [-0.1, -0.05) is 18.6 Å². The minimum atomic E-state index is -0.313. The fourth-order valence-electron chi connectivity index (χ4n) is 1.65. The summed E-state index contributed by atoms with van der Waals surface area (Å²) >= 11 is 0. The van der Waals surface area contributed by atoms with E-state index >= 15 is 0 Å². The van der Waals surface area contributed by atoms with Gasteiger partial charge in [-0.25, -0.2) is 0 Å². The Morgan fingerprint density at radius 3 is 2.60 bits per heavy atom. The van der Waals surface area contributed by atoms with Gasteiger partial charge in [0.25, 0.3) is 0 Å². The number of rotatable bonds is 2. The third-order valence-corrected chi connectivity index (χ3v) is 2.96. The average Bonchev–Trinajstić information content (AvgIpc) is 2.52. The van der Waals surface area contributed by atoms with Gasteiger partial charge in [-0.05, 0) is 45.3 Å². The van der Waals surface area contributed by atoms with E-state index < -0.39 is 0 Å². The summed E-state index contributed by atoms with van der Waals surface area (Å²) in [5, 5.41) is 2.96. The van der Waals surface area contributed by atoms with Gasteiger partial charge in [0.15, 0.2) is 0 Å². The first kappa shape index (κ1) is 16.5. The minimum Gasteiger partial charge on any atom is -0.460 e. The zero-order valence-electron chi connectivity index (χ0n) is 12.7. The summed E-state index contributed by atoms with van der Waals surface area (Å²) in [6.07, 6.45) is 12.8. The minimum absolute atomic E-state index is 0.0104. The maximum Gasteiger partial charge on any atom is 0.309 e. The first-order chi connectivity index (χ1) is 9.42. The van der Waals surface area contributed by atoms with E-state index in [2.05, 4.69) is 5.32 Å². The summed E-state index contributed by atoms with van der Waals surface area (Å²) in [6, 6.07) is 0. The van der Waals surface area contributed by atoms with Gasteiger partial charge in [0, 0.05) is 18.9 Å². The van der Waals surface area contributed by atoms with Gasteiger partial charge in [0.05, 0.1) is 5.92 Å². The predicted molar refractivity (Wildman–Crippen MR) is 81.7 cm³/mol. The van der Waals surface area contributed by atoms with Crippen molar-refractivity contribution in [2.24, 2.45) is 11.7 Å². The molecule has 1 fully saturated rings. The number of hydrogen-bond donors (Lipinski definition) is 2. The maximum atomic E-state index is 11.2. The quantitative estimate of drug-likeness (QED) is 0.762. The molecule has 3 N–H and O–H groups in total. The van der Waals surface area contributed by atoms with Crippen LogP contribution in [0.25, 0.3) is 0 Å². The molecule has 0 atom stereocenters. The van der Waals surface area contributed by atoms with Gasteiger partial charge in [-0.2, -0.15) is 0 Å². The molecule has 0 saturated heterocycles. The van der Waals surface area contributed by atoms with Crippen molar-refractivity contribution in [2.45, 2.75) is 45.6 Å². The van der Waals surface area contributed by atoms with E-state index in [0.717, 1.165) is 18.4 Å². The molecule has 0 spiro atoms. The molecule has 1 heterocycles. The summed E-state index contributed by atoms with van der Waals surface area (Å²) in [5.74, 6) is 0.193. The third-order valence-electron chi connectivity index (χ3n) is 2.96. The Labute approximate surface area is 121 Å². The Hall–Kier alpha value is -1.55. The smallest absolute Gasteiger partial charge is 0.309 e. The Balaban J connectivity index is 0.000000204. The molecule has 4 nitrogen and oxygen atoms in total. The van der Waals surface area contributed by atoms with Gasteiger partial charge >= 0.3 is 5.97 Å². The zero-order chi connectivity index (χ0) is 15.0. The van der Waals surface area contributed by atoms with Crippen LogP contribution in [0.5, 0.6) is 0 Å². The number of carbonyl (C=O) groups excluding carboxylic acids is 1. The van der Waals surface area contributed by atoms with Crippen molar-refractivity contribution in [3.8, 4) is 0 Å². The van der Waals surface area contributed by atoms with Crippen molar-refractivity contribution in [1.82, 2.24) is 5.32 Å². The summed E-state index contributed by atoms with van der Waals surface area (Å²) in [6.45, 7) is 6.31. The van der Waals surface area contributed by atoms with E-state index in [1.807, 2.05) is 51.4 Å². The maximum absolute atomic E-state index is 11.2. The van der Waals surface area contributed by atoms with Crippen molar-refractivity contribution in [1.29, 1.82) is 0 Å². The summed E-state index contributed by atoms with van der Waals surface area (Å²) < 4.78 is 5.20. The average molecular weight is 278 g/mol. The highest BCUT2D eigenvalue weighted by Gasteiger charge is 2.29. The second-order valence-electron chi connectivity index (χ2n) is 5.97. The monoisotopic (exact) mass is 278 g/mol. The highest BCUT2D eigenvalue weighted by atomic mass is 16.6. The lowest BCUT2D eigenvalue weighted by Crippen LogP contribution is -2.31. The standard InChI is InChI=1S/C9H16O2.C7H10N2/c1-9(2,3)11-8(10)7-5-4-6-7;8-5-7-3-1-2-4-9-6-7/h7H,4-6H2,1-3H3;1-4,6,9H,5,8H2. The van der Waals surface area contributed by atoms with Gasteiger partial charge in [0.2, 0.25) is 0 Å². The van der Waals surface area contributed by atoms with Crippen LogP contribution in [0.2, 0.25) is 0 Å². The molecule has 0 aromatic carbocycles. The molecule has 2 rings (SSSR count). The molecule has 2 aliphatic rings. The van der Waals surface area contributed by atoms with Crippen LogP contribution in [0.15, 0.2) is 36.2 Å². The lowest BCUT2D eigenvalue weighted by molar-refractivity contribution is -0.162. The third kappa shape index (κ3) is 6.57. The largest absolute Gasteiger partial charge is 0.460 e. The molecule has 0 radical (unpaired) electrons. The highest BCUT2D eigenvalue weighted by Crippen LogP contribution is 2.28. The number of allylic oxidation sites excluding steroid dienone is 2. The van der Waals surface area contributed by atoms with Gasteiger partial charge in [-0.3, -0.25) is 4.79 Å². The van der Waals surface area contributed by atoms with Crippen LogP contribution < -0.4 is 11.1 Å². The Bertz CT molecular complexity index is 399. The molecular formula is C16H26N2O2. The zero-order valence-corrected chi connectivity index (χ0v) is 12.7. The van der Waals surface area contributed by atoms with Crippen molar-refractivity contribution in [3.05, 3.63) is 36.2 Å². The van der Waals surface area contributed by atoms with Gasteiger partial charge < -0.3 is 15.8 Å². The first-order valence-corrected chi connectivity index (χ1v) is 7.13. The second-order valence-corrected chi connectivity index (χ2v) is 5.97. The van der Waals surface area contributed by atoms with Crippen LogP contribution in [0.3, 0.4) is 0 Å². The van der Waals surface area contributed by atoms with Gasteiger partial charge in [0.1, 0.15) is 5.60 Å². The Morgan fingerprint density at radius 1 is 1.40 bits per heavy atom. The molecule has 4 heteroatoms. The summed E-state index contributed by atoms with van der Waals surface area (Å²) in [4.78, 5) is 11.2. The molecule has 20 heavy (non-hydrogen) atoms. The fraction of sp³-hybridized carbons (Fsp3) is 0.562. The predicted octanol–water partition coefficient (Wildman–Crippen LogP) is 2.63. The van der Waals surface area contributed by atoms with Crippen molar-refractivity contribution in [2.75, 3.05) is 6.54 Å². The Kier molecular flexibility index (Phi) is 6.52. The first-order valence-electron chi connectivity index (χ1n) is 7.13. The van der Waals surface area contributed by atoms with Crippen molar-refractivity contribution >= 4 is 5.97 Å². The van der Waals surface area contributed by atoms with Crippen LogP contribution in [0.4, 0.5) is 0 Å². The number of esters is 1. The fourth-order valence-corrected chi connectivity index (χ4v) is 1.65. The number of hydrogen-bond acceptors (Lipinski definition) is 4. The number of nitrogens with one attached hydrogen (secondary N) is 1. The molecule has 112 valence electrons. The topological polar surface area (TPSA) is 64.3 Å². The molecule has 1 saturated carbocycles. The van der Waals surface area contributed by atoms with E-state index in [1.54, 1.807) is 0 Å². The highest BCUT2D eigenvalue weighted by molar-refractivity contribution is 5.73. The van der Waals surface area contributed by atoms with Crippen LogP contribution in [-0.4, -0.2) is 18.1 Å². The molecule has 1 aliphatic heterocycles. The molecule has 1 aliphatic carbocycles. The van der Waals surface area contributed by atoms with Crippen molar-refractivity contribution < 1.29 is 9.53 Å². The molecule has 0 aromatic rings. The Morgan fingerprint density at radius 2 is 2.10 bits per heavy atom. The molecule has 0 amide bonds. The molecule has 0 bridgehead atoms. The SMILES string of the molecule is CC(C)(C)OC(=O)C1CCC1.NCC1=CNC=CC=C1.